The van der Waals surface area contributed by atoms with E-state index in [1.54, 1.807) is 12.1 Å². The van der Waals surface area contributed by atoms with E-state index in [-0.39, 0.29) is 57.5 Å². The first kappa shape index (κ1) is 25.5. The highest BCUT2D eigenvalue weighted by Crippen LogP contribution is 2.49. The van der Waals surface area contributed by atoms with Crippen LogP contribution in [0.3, 0.4) is 0 Å². The number of hydrogen-bond donors (Lipinski definition) is 3. The molecular weight excluding hydrogens is 512 g/mol. The normalized spacial score (nSPS) is 14.4. The molecule has 0 aliphatic carbocycles. The van der Waals surface area contributed by atoms with Crippen molar-refractivity contribution < 1.29 is 48.3 Å². The van der Waals surface area contributed by atoms with Gasteiger partial charge < -0.3 is 38.7 Å². The molecule has 1 aromatic heterocycles. The summed E-state index contributed by atoms with van der Waals surface area (Å²) in [4.78, 5) is 37.4. The van der Waals surface area contributed by atoms with E-state index < -0.39 is 34.8 Å². The average molecular weight is 534 g/mol. The molecule has 3 aromatic carbocycles. The smallest absolute Gasteiger partial charge is 0.312 e. The van der Waals surface area contributed by atoms with E-state index in [1.807, 2.05) is 0 Å². The van der Waals surface area contributed by atoms with Crippen molar-refractivity contribution in [2.45, 2.75) is 19.3 Å². The van der Waals surface area contributed by atoms with E-state index in [9.17, 15) is 29.7 Å². The quantitative estimate of drug-likeness (QED) is 0.193. The van der Waals surface area contributed by atoms with Crippen LogP contribution in [0, 0.1) is 0 Å². The number of phenolic OH excluding ortho intramolecular Hbond substituents is 3. The van der Waals surface area contributed by atoms with Gasteiger partial charge in [-0.15, -0.1) is 0 Å². The highest BCUT2D eigenvalue weighted by Gasteiger charge is 2.35. The van der Waals surface area contributed by atoms with Crippen LogP contribution in [0.15, 0.2) is 51.7 Å². The van der Waals surface area contributed by atoms with Crippen LogP contribution in [0.5, 0.6) is 40.2 Å². The van der Waals surface area contributed by atoms with Crippen molar-refractivity contribution >= 4 is 22.9 Å². The number of hydrogen-bond acceptors (Lipinski definition) is 11. The highest BCUT2D eigenvalue weighted by molar-refractivity contribution is 5.93. The summed E-state index contributed by atoms with van der Waals surface area (Å²) in [5.74, 6) is -2.81. The lowest BCUT2D eigenvalue weighted by atomic mass is 9.84. The second kappa shape index (κ2) is 9.60. The molecule has 200 valence electrons. The first-order valence-corrected chi connectivity index (χ1v) is 11.6. The van der Waals surface area contributed by atoms with E-state index in [2.05, 4.69) is 0 Å². The van der Waals surface area contributed by atoms with E-state index in [0.717, 1.165) is 6.07 Å². The van der Waals surface area contributed by atoms with E-state index in [0.29, 0.717) is 11.1 Å². The Bertz CT molecular complexity index is 1690. The van der Waals surface area contributed by atoms with Crippen molar-refractivity contribution in [3.63, 3.8) is 0 Å². The summed E-state index contributed by atoms with van der Waals surface area (Å²) in [6.45, 7) is 1.23. The zero-order chi connectivity index (χ0) is 28.0. The second-order valence-corrected chi connectivity index (χ2v) is 8.77. The number of phenols is 3. The molecule has 11 heteroatoms. The molecule has 0 bridgehead atoms. The van der Waals surface area contributed by atoms with Gasteiger partial charge in [-0.3, -0.25) is 14.4 Å². The van der Waals surface area contributed by atoms with Crippen LogP contribution >= 0.6 is 0 Å². The van der Waals surface area contributed by atoms with Crippen LogP contribution in [0.1, 0.15) is 30.4 Å². The molecule has 0 unspecified atom stereocenters. The predicted molar refractivity (Wildman–Crippen MR) is 136 cm³/mol. The summed E-state index contributed by atoms with van der Waals surface area (Å²) in [5.41, 5.74) is 0.433. The Balaban J connectivity index is 1.79. The number of fused-ring (bicyclic) bond motifs is 3. The number of methoxy groups -OCH3 is 2. The van der Waals surface area contributed by atoms with Gasteiger partial charge in [-0.2, -0.15) is 0 Å². The maximum Gasteiger partial charge on any atom is 0.312 e. The van der Waals surface area contributed by atoms with Crippen molar-refractivity contribution in [3.8, 4) is 51.6 Å². The minimum absolute atomic E-state index is 0.0166. The topological polar surface area (TPSA) is 162 Å². The number of rotatable bonds is 5. The van der Waals surface area contributed by atoms with Gasteiger partial charge >= 0.3 is 11.9 Å². The fraction of sp³-hybridized carbons (Fsp3) is 0.179. The summed E-state index contributed by atoms with van der Waals surface area (Å²) in [6.07, 6.45) is -0.167. The Hall–Kier alpha value is -5.19. The number of carbonyl (C=O) groups excluding carboxylic acids is 2. The Kier molecular flexibility index (Phi) is 6.27. The Morgan fingerprint density at radius 2 is 1.62 bits per heavy atom. The fourth-order valence-corrected chi connectivity index (χ4v) is 4.61. The molecule has 1 aliphatic heterocycles. The summed E-state index contributed by atoms with van der Waals surface area (Å²) in [7, 11) is 2.75. The molecule has 1 aliphatic rings. The van der Waals surface area contributed by atoms with Crippen molar-refractivity contribution in [3.05, 3.63) is 63.8 Å². The van der Waals surface area contributed by atoms with Crippen molar-refractivity contribution in [2.75, 3.05) is 14.2 Å². The van der Waals surface area contributed by atoms with Crippen molar-refractivity contribution in [2.24, 2.45) is 0 Å². The SMILES string of the molecule is COc1cc([C@@H]2CC(=O)Oc3cc(O)c4c(=O)cc(-c5ccc(O)c(O)c5)oc4c32)cc(OC)c1OC(C)=O. The maximum absolute atomic E-state index is 13.2. The van der Waals surface area contributed by atoms with Crippen LogP contribution < -0.4 is 24.4 Å². The van der Waals surface area contributed by atoms with Crippen molar-refractivity contribution in [1.82, 2.24) is 0 Å². The zero-order valence-corrected chi connectivity index (χ0v) is 20.9. The maximum atomic E-state index is 13.2. The molecule has 1 atom stereocenters. The third-order valence-electron chi connectivity index (χ3n) is 6.32. The average Bonchev–Trinajstić information content (AvgIpc) is 2.89. The van der Waals surface area contributed by atoms with Crippen molar-refractivity contribution in [1.29, 1.82) is 0 Å². The summed E-state index contributed by atoms with van der Waals surface area (Å²) < 4.78 is 27.6. The van der Waals surface area contributed by atoms with E-state index in [4.69, 9.17) is 23.4 Å². The third-order valence-corrected chi connectivity index (χ3v) is 6.32. The number of esters is 2. The third kappa shape index (κ3) is 4.43. The molecular formula is C28H22O11. The lowest BCUT2D eigenvalue weighted by Gasteiger charge is -2.27. The second-order valence-electron chi connectivity index (χ2n) is 8.77. The Labute approximate surface area is 220 Å². The van der Waals surface area contributed by atoms with Gasteiger partial charge in [0.1, 0.15) is 28.2 Å². The number of carbonyl (C=O) groups is 2. The summed E-state index contributed by atoms with van der Waals surface area (Å²) in [6, 6.07) is 9.33. The first-order chi connectivity index (χ1) is 18.6. The monoisotopic (exact) mass is 534 g/mol. The van der Waals surface area contributed by atoms with E-state index in [1.165, 1.54) is 45.4 Å². The van der Waals surface area contributed by atoms with Crippen LogP contribution in [-0.2, 0) is 9.59 Å². The number of aromatic hydroxyl groups is 3. The molecule has 2 heterocycles. The molecule has 0 amide bonds. The van der Waals surface area contributed by atoms with Crippen LogP contribution in [0.2, 0.25) is 0 Å². The minimum Gasteiger partial charge on any atom is -0.507 e. The highest BCUT2D eigenvalue weighted by atomic mass is 16.6. The van der Waals surface area contributed by atoms with Gasteiger partial charge in [0.2, 0.25) is 5.75 Å². The Morgan fingerprint density at radius 1 is 0.923 bits per heavy atom. The minimum atomic E-state index is -0.759. The Morgan fingerprint density at radius 3 is 2.23 bits per heavy atom. The number of ether oxygens (including phenoxy) is 4. The molecule has 5 rings (SSSR count). The van der Waals surface area contributed by atoms with Gasteiger partial charge in [0.25, 0.3) is 0 Å². The molecule has 0 saturated heterocycles. The van der Waals surface area contributed by atoms with Gasteiger partial charge in [0.05, 0.1) is 20.6 Å². The molecule has 11 nitrogen and oxygen atoms in total. The molecule has 4 aromatic rings. The molecule has 0 spiro atoms. The lowest BCUT2D eigenvalue weighted by Crippen LogP contribution is -2.22. The molecule has 0 radical (unpaired) electrons. The molecule has 0 fully saturated rings. The van der Waals surface area contributed by atoms with Gasteiger partial charge in [-0.05, 0) is 35.9 Å². The largest absolute Gasteiger partial charge is 0.507 e. The van der Waals surface area contributed by atoms with Gasteiger partial charge in [-0.1, -0.05) is 0 Å². The van der Waals surface area contributed by atoms with Gasteiger partial charge in [0.15, 0.2) is 28.4 Å². The lowest BCUT2D eigenvalue weighted by molar-refractivity contribution is -0.135. The standard InChI is InChI=1S/C28H22O11/c1-12(29)37-27-22(35-2)7-14(8-23(27)36-3)15-9-24(34)38-21-11-19(33)26-18(32)10-20(39-28(26)25(15)21)13-4-5-16(30)17(31)6-13/h4-8,10-11,15,30-31,33H,9H2,1-3H3/t15-/m0/s1. The van der Waals surface area contributed by atoms with E-state index >= 15 is 0 Å². The molecule has 0 saturated carbocycles. The van der Waals surface area contributed by atoms with Crippen LogP contribution in [0.25, 0.3) is 22.3 Å². The zero-order valence-electron chi connectivity index (χ0n) is 20.9. The van der Waals surface area contributed by atoms with Crippen LogP contribution in [0.4, 0.5) is 0 Å². The molecule has 39 heavy (non-hydrogen) atoms. The van der Waals surface area contributed by atoms with Gasteiger partial charge in [-0.25, -0.2) is 0 Å². The first-order valence-electron chi connectivity index (χ1n) is 11.6. The summed E-state index contributed by atoms with van der Waals surface area (Å²) >= 11 is 0. The summed E-state index contributed by atoms with van der Waals surface area (Å²) in [5, 5.41) is 30.2. The van der Waals surface area contributed by atoms with Gasteiger partial charge in [0, 0.05) is 36.1 Å². The predicted octanol–water partition coefficient (Wildman–Crippen LogP) is 3.96. The number of benzene rings is 3. The molecule has 3 N–H and O–H groups in total. The van der Waals surface area contributed by atoms with Crippen LogP contribution in [-0.4, -0.2) is 41.5 Å². The fourth-order valence-electron chi connectivity index (χ4n) is 4.61.